The van der Waals surface area contributed by atoms with E-state index in [1.165, 1.54) is 5.56 Å². The highest BCUT2D eigenvalue weighted by molar-refractivity contribution is 5.94. The molecule has 2 heterocycles. The molecule has 0 bridgehead atoms. The normalized spacial score (nSPS) is 19.0. The molecule has 2 N–H and O–H groups in total. The summed E-state index contributed by atoms with van der Waals surface area (Å²) in [6, 6.07) is 5.97. The molecular weight excluding hydrogens is 306 g/mol. The number of carbonyl (C=O) groups excluding carboxylic acids is 1. The Balaban J connectivity index is 1.37. The number of hydrogen-bond donors (Lipinski definition) is 2. The number of β-amino-alcohol motifs (C(OH)–C–C–N with tert-alkyl or cyclic N) is 1. The molecule has 1 saturated heterocycles. The first kappa shape index (κ1) is 17.2. The molecule has 1 amide bonds. The molecule has 1 aromatic carbocycles. The van der Waals surface area contributed by atoms with Gasteiger partial charge in [0.25, 0.3) is 0 Å². The highest BCUT2D eigenvalue weighted by Crippen LogP contribution is 2.27. The Bertz CT molecular complexity index is 556. The quantitative estimate of drug-likeness (QED) is 0.728. The van der Waals surface area contributed by atoms with E-state index >= 15 is 0 Å². The van der Waals surface area contributed by atoms with Gasteiger partial charge >= 0.3 is 0 Å². The minimum atomic E-state index is 0.0833. The summed E-state index contributed by atoms with van der Waals surface area (Å²) in [5.74, 6) is 0.906. The summed E-state index contributed by atoms with van der Waals surface area (Å²) in [6.07, 6.45) is 2.37. The minimum Gasteiger partial charge on any atom is -0.493 e. The van der Waals surface area contributed by atoms with E-state index in [-0.39, 0.29) is 12.5 Å². The van der Waals surface area contributed by atoms with Gasteiger partial charge < -0.3 is 20.1 Å². The first-order valence-electron chi connectivity index (χ1n) is 8.86. The lowest BCUT2D eigenvalue weighted by atomic mass is 10.0. The van der Waals surface area contributed by atoms with Crippen molar-refractivity contribution in [2.75, 3.05) is 57.8 Å². The number of aryl methyl sites for hydroxylation is 1. The number of carbonyl (C=O) groups is 1. The maximum Gasteiger partial charge on any atom is 0.224 e. The molecule has 0 atom stereocenters. The van der Waals surface area contributed by atoms with Crippen molar-refractivity contribution in [2.24, 2.45) is 0 Å². The first-order chi connectivity index (χ1) is 11.7. The Labute approximate surface area is 143 Å². The number of hydrogen-bond acceptors (Lipinski definition) is 5. The van der Waals surface area contributed by atoms with Gasteiger partial charge in [0.05, 0.1) is 13.2 Å². The lowest BCUT2D eigenvalue weighted by Gasteiger charge is -2.34. The number of benzene rings is 1. The molecule has 6 nitrogen and oxygen atoms in total. The molecule has 0 saturated carbocycles. The number of amides is 1. The SMILES string of the molecule is O=C1CCc2ccc(OCCCN3CCN(CCO)CC3)cc2N1. The van der Waals surface area contributed by atoms with Crippen LogP contribution < -0.4 is 10.1 Å². The summed E-state index contributed by atoms with van der Waals surface area (Å²) >= 11 is 0. The van der Waals surface area contributed by atoms with E-state index in [0.717, 1.165) is 63.5 Å². The smallest absolute Gasteiger partial charge is 0.224 e. The van der Waals surface area contributed by atoms with Gasteiger partial charge in [0, 0.05) is 57.4 Å². The van der Waals surface area contributed by atoms with Gasteiger partial charge in [0.1, 0.15) is 5.75 Å². The van der Waals surface area contributed by atoms with Gasteiger partial charge in [-0.15, -0.1) is 0 Å². The second-order valence-electron chi connectivity index (χ2n) is 6.48. The van der Waals surface area contributed by atoms with Gasteiger partial charge in [-0.05, 0) is 24.5 Å². The number of nitrogens with zero attached hydrogens (tertiary/aromatic N) is 2. The van der Waals surface area contributed by atoms with Crippen molar-refractivity contribution in [1.29, 1.82) is 0 Å². The number of fused-ring (bicyclic) bond motifs is 1. The predicted molar refractivity (Wildman–Crippen MR) is 93.5 cm³/mol. The highest BCUT2D eigenvalue weighted by atomic mass is 16.5. The van der Waals surface area contributed by atoms with Crippen LogP contribution in [0.15, 0.2) is 18.2 Å². The van der Waals surface area contributed by atoms with Crippen molar-refractivity contribution < 1.29 is 14.6 Å². The van der Waals surface area contributed by atoms with Gasteiger partial charge in [-0.2, -0.15) is 0 Å². The number of aliphatic hydroxyl groups is 1. The van der Waals surface area contributed by atoms with Crippen molar-refractivity contribution in [3.05, 3.63) is 23.8 Å². The van der Waals surface area contributed by atoms with E-state index in [0.29, 0.717) is 13.0 Å². The highest BCUT2D eigenvalue weighted by Gasteiger charge is 2.16. The maximum absolute atomic E-state index is 11.5. The standard InChI is InChI=1S/C18H27N3O3/c22-12-11-21-9-7-20(8-10-21)6-1-13-24-16-4-2-15-3-5-18(23)19-17(15)14-16/h2,4,14,22H,1,3,5-13H2,(H,19,23). The fourth-order valence-corrected chi connectivity index (χ4v) is 3.30. The molecular formula is C18H27N3O3. The van der Waals surface area contributed by atoms with Gasteiger partial charge in [-0.3, -0.25) is 9.69 Å². The fourth-order valence-electron chi connectivity index (χ4n) is 3.30. The lowest BCUT2D eigenvalue weighted by Crippen LogP contribution is -2.47. The molecule has 2 aliphatic rings. The molecule has 3 rings (SSSR count). The molecule has 2 aliphatic heterocycles. The van der Waals surface area contributed by atoms with Crippen molar-refractivity contribution in [1.82, 2.24) is 9.80 Å². The van der Waals surface area contributed by atoms with Crippen LogP contribution in [0, 0.1) is 0 Å². The molecule has 0 radical (unpaired) electrons. The number of ether oxygens (including phenoxy) is 1. The van der Waals surface area contributed by atoms with E-state index in [9.17, 15) is 4.79 Å². The van der Waals surface area contributed by atoms with Crippen LogP contribution in [0.25, 0.3) is 0 Å². The van der Waals surface area contributed by atoms with Crippen LogP contribution in [-0.4, -0.2) is 73.3 Å². The van der Waals surface area contributed by atoms with Crippen molar-refractivity contribution in [3.63, 3.8) is 0 Å². The summed E-state index contributed by atoms with van der Waals surface area (Å²) < 4.78 is 5.84. The van der Waals surface area contributed by atoms with Crippen LogP contribution >= 0.6 is 0 Å². The molecule has 132 valence electrons. The Morgan fingerprint density at radius 3 is 2.58 bits per heavy atom. The second-order valence-corrected chi connectivity index (χ2v) is 6.48. The predicted octanol–water partition coefficient (Wildman–Crippen LogP) is 0.950. The summed E-state index contributed by atoms with van der Waals surface area (Å²) in [5.41, 5.74) is 2.08. The fraction of sp³-hybridized carbons (Fsp3) is 0.611. The van der Waals surface area contributed by atoms with Crippen LogP contribution in [0.1, 0.15) is 18.4 Å². The molecule has 6 heteroatoms. The number of aliphatic hydroxyl groups excluding tert-OH is 1. The molecule has 0 aromatic heterocycles. The van der Waals surface area contributed by atoms with Crippen molar-refractivity contribution >= 4 is 11.6 Å². The van der Waals surface area contributed by atoms with Crippen LogP contribution in [0.4, 0.5) is 5.69 Å². The minimum absolute atomic E-state index is 0.0833. The van der Waals surface area contributed by atoms with Gasteiger partial charge in [-0.25, -0.2) is 0 Å². The van der Waals surface area contributed by atoms with Gasteiger partial charge in [-0.1, -0.05) is 6.07 Å². The number of anilines is 1. The van der Waals surface area contributed by atoms with E-state index in [1.54, 1.807) is 0 Å². The Morgan fingerprint density at radius 2 is 1.83 bits per heavy atom. The third kappa shape index (κ3) is 4.69. The molecule has 0 unspecified atom stereocenters. The van der Waals surface area contributed by atoms with Crippen LogP contribution in [0.2, 0.25) is 0 Å². The summed E-state index contributed by atoms with van der Waals surface area (Å²) in [7, 11) is 0. The summed E-state index contributed by atoms with van der Waals surface area (Å²) in [5, 5.41) is 11.9. The van der Waals surface area contributed by atoms with E-state index in [4.69, 9.17) is 9.84 Å². The van der Waals surface area contributed by atoms with E-state index in [1.807, 2.05) is 18.2 Å². The van der Waals surface area contributed by atoms with Gasteiger partial charge in [0.2, 0.25) is 5.91 Å². The molecule has 1 aromatic rings. The summed E-state index contributed by atoms with van der Waals surface area (Å²) in [4.78, 5) is 16.2. The number of rotatable bonds is 7. The molecule has 0 spiro atoms. The van der Waals surface area contributed by atoms with Crippen molar-refractivity contribution in [2.45, 2.75) is 19.3 Å². The van der Waals surface area contributed by atoms with Crippen LogP contribution in [0.3, 0.4) is 0 Å². The molecule has 24 heavy (non-hydrogen) atoms. The van der Waals surface area contributed by atoms with Gasteiger partial charge in [0.15, 0.2) is 0 Å². The van der Waals surface area contributed by atoms with Crippen LogP contribution in [-0.2, 0) is 11.2 Å². The Kier molecular flexibility index (Phi) is 6.07. The zero-order chi connectivity index (χ0) is 16.8. The Morgan fingerprint density at radius 1 is 1.08 bits per heavy atom. The third-order valence-electron chi connectivity index (χ3n) is 4.75. The van der Waals surface area contributed by atoms with E-state index in [2.05, 4.69) is 15.1 Å². The van der Waals surface area contributed by atoms with E-state index < -0.39 is 0 Å². The summed E-state index contributed by atoms with van der Waals surface area (Å²) in [6.45, 7) is 6.94. The first-order valence-corrected chi connectivity index (χ1v) is 8.86. The zero-order valence-corrected chi connectivity index (χ0v) is 14.2. The second kappa shape index (κ2) is 8.46. The molecule has 0 aliphatic carbocycles. The largest absolute Gasteiger partial charge is 0.493 e. The lowest BCUT2D eigenvalue weighted by molar-refractivity contribution is -0.116. The number of nitrogens with one attached hydrogen (secondary N) is 1. The maximum atomic E-state index is 11.5. The third-order valence-corrected chi connectivity index (χ3v) is 4.75. The van der Waals surface area contributed by atoms with Crippen LogP contribution in [0.5, 0.6) is 5.75 Å². The van der Waals surface area contributed by atoms with Crippen molar-refractivity contribution in [3.8, 4) is 5.75 Å². The average molecular weight is 333 g/mol. The number of piperazine rings is 1. The Hall–Kier alpha value is -1.63. The monoisotopic (exact) mass is 333 g/mol. The zero-order valence-electron chi connectivity index (χ0n) is 14.2. The molecule has 1 fully saturated rings. The topological polar surface area (TPSA) is 65.0 Å². The average Bonchev–Trinajstić information content (AvgIpc) is 2.60.